The van der Waals surface area contributed by atoms with Gasteiger partial charge in [0.2, 0.25) is 11.8 Å². The SMILES string of the molecule is COc1nccnc1-c1cnn(CC(=O)Nc2nn(C)c3ccccc23)c1. The summed E-state index contributed by atoms with van der Waals surface area (Å²) < 4.78 is 8.48. The maximum atomic E-state index is 12.4. The molecule has 0 radical (unpaired) electrons. The first-order chi connectivity index (χ1) is 13.2. The lowest BCUT2D eigenvalue weighted by Crippen LogP contribution is -2.19. The van der Waals surface area contributed by atoms with E-state index in [4.69, 9.17) is 4.74 Å². The number of aromatic nitrogens is 6. The van der Waals surface area contributed by atoms with Crippen LogP contribution in [0.25, 0.3) is 22.2 Å². The molecular weight excluding hydrogens is 346 g/mol. The fraction of sp³-hybridized carbons (Fsp3) is 0.167. The van der Waals surface area contributed by atoms with Gasteiger partial charge in [-0.25, -0.2) is 9.97 Å². The van der Waals surface area contributed by atoms with Gasteiger partial charge in [-0.1, -0.05) is 12.1 Å². The number of carbonyl (C=O) groups is 1. The Hall–Kier alpha value is -3.75. The number of para-hydroxylation sites is 1. The molecule has 4 aromatic rings. The number of carbonyl (C=O) groups excluding carboxylic acids is 1. The van der Waals surface area contributed by atoms with Gasteiger partial charge in [0.05, 0.1) is 18.8 Å². The van der Waals surface area contributed by atoms with Crippen LogP contribution in [0.15, 0.2) is 49.1 Å². The summed E-state index contributed by atoms with van der Waals surface area (Å²) in [6.45, 7) is 0.0491. The van der Waals surface area contributed by atoms with Crippen molar-refractivity contribution in [3.05, 3.63) is 49.1 Å². The van der Waals surface area contributed by atoms with E-state index in [2.05, 4.69) is 25.5 Å². The molecule has 0 aliphatic heterocycles. The molecule has 0 unspecified atom stereocenters. The summed E-state index contributed by atoms with van der Waals surface area (Å²) in [6.07, 6.45) is 6.48. The molecule has 0 bridgehead atoms. The Bertz CT molecular complexity index is 1120. The molecule has 136 valence electrons. The monoisotopic (exact) mass is 363 g/mol. The summed E-state index contributed by atoms with van der Waals surface area (Å²) in [4.78, 5) is 20.8. The fourth-order valence-electron chi connectivity index (χ4n) is 2.87. The van der Waals surface area contributed by atoms with Gasteiger partial charge in [-0.15, -0.1) is 0 Å². The lowest BCUT2D eigenvalue weighted by atomic mass is 10.2. The van der Waals surface area contributed by atoms with Crippen LogP contribution in [-0.2, 0) is 18.4 Å². The fourth-order valence-corrected chi connectivity index (χ4v) is 2.87. The topological polar surface area (TPSA) is 99.8 Å². The number of hydrogen-bond donors (Lipinski definition) is 1. The number of fused-ring (bicyclic) bond motifs is 1. The number of benzene rings is 1. The molecule has 4 rings (SSSR count). The van der Waals surface area contributed by atoms with E-state index in [1.807, 2.05) is 31.3 Å². The zero-order chi connectivity index (χ0) is 18.8. The second-order valence-corrected chi connectivity index (χ2v) is 5.88. The molecule has 1 N–H and O–H groups in total. The quantitative estimate of drug-likeness (QED) is 0.581. The second-order valence-electron chi connectivity index (χ2n) is 5.88. The third kappa shape index (κ3) is 3.22. The Morgan fingerprint density at radius 2 is 2.04 bits per heavy atom. The van der Waals surface area contributed by atoms with Gasteiger partial charge in [-0.05, 0) is 12.1 Å². The third-order valence-corrected chi connectivity index (χ3v) is 4.09. The van der Waals surface area contributed by atoms with Crippen LogP contribution in [0.2, 0.25) is 0 Å². The molecule has 0 aliphatic carbocycles. The Morgan fingerprint density at radius 3 is 2.89 bits per heavy atom. The molecule has 9 nitrogen and oxygen atoms in total. The highest BCUT2D eigenvalue weighted by Gasteiger charge is 2.14. The van der Waals surface area contributed by atoms with Gasteiger partial charge >= 0.3 is 0 Å². The van der Waals surface area contributed by atoms with Crippen molar-refractivity contribution in [2.75, 3.05) is 12.4 Å². The first-order valence-electron chi connectivity index (χ1n) is 8.25. The van der Waals surface area contributed by atoms with Gasteiger partial charge in [-0.3, -0.25) is 14.2 Å². The summed E-state index contributed by atoms with van der Waals surface area (Å²) in [5.74, 6) is 0.710. The van der Waals surface area contributed by atoms with E-state index in [9.17, 15) is 4.79 Å². The lowest BCUT2D eigenvalue weighted by Gasteiger charge is -2.04. The number of rotatable bonds is 5. The average molecular weight is 363 g/mol. The maximum Gasteiger partial charge on any atom is 0.247 e. The summed E-state index contributed by atoms with van der Waals surface area (Å²) >= 11 is 0. The predicted octanol–water partition coefficient (Wildman–Crippen LogP) is 1.87. The van der Waals surface area contributed by atoms with Crippen molar-refractivity contribution in [2.45, 2.75) is 6.54 Å². The number of anilines is 1. The molecule has 3 heterocycles. The number of nitrogens with one attached hydrogen (secondary N) is 1. The third-order valence-electron chi connectivity index (χ3n) is 4.09. The summed E-state index contributed by atoms with van der Waals surface area (Å²) in [5.41, 5.74) is 2.24. The zero-order valence-corrected chi connectivity index (χ0v) is 14.8. The van der Waals surface area contributed by atoms with Crippen molar-refractivity contribution in [3.8, 4) is 17.1 Å². The molecule has 27 heavy (non-hydrogen) atoms. The van der Waals surface area contributed by atoms with Crippen LogP contribution in [0.4, 0.5) is 5.82 Å². The molecule has 9 heteroatoms. The number of aryl methyl sites for hydroxylation is 1. The molecule has 0 fully saturated rings. The minimum Gasteiger partial charge on any atom is -0.479 e. The van der Waals surface area contributed by atoms with E-state index in [0.717, 1.165) is 16.5 Å². The normalized spacial score (nSPS) is 10.9. The van der Waals surface area contributed by atoms with Gasteiger partial charge in [-0.2, -0.15) is 10.2 Å². The van der Waals surface area contributed by atoms with E-state index in [1.165, 1.54) is 11.8 Å². The highest BCUT2D eigenvalue weighted by Crippen LogP contribution is 2.24. The van der Waals surface area contributed by atoms with Crippen LogP contribution in [-0.4, -0.2) is 42.5 Å². The molecular formula is C18H17N7O2. The molecule has 0 aliphatic rings. The Morgan fingerprint density at radius 1 is 1.22 bits per heavy atom. The van der Waals surface area contributed by atoms with Gasteiger partial charge in [0.15, 0.2) is 5.82 Å². The predicted molar refractivity (Wildman–Crippen MR) is 99.1 cm³/mol. The molecule has 0 saturated carbocycles. The molecule has 0 saturated heterocycles. The van der Waals surface area contributed by atoms with Gasteiger partial charge in [0.1, 0.15) is 12.2 Å². The summed E-state index contributed by atoms with van der Waals surface area (Å²) in [6, 6.07) is 7.71. The molecule has 0 atom stereocenters. The smallest absolute Gasteiger partial charge is 0.247 e. The standard InChI is InChI=1S/C18H17N7O2/c1-24-14-6-4-3-5-13(14)17(23-24)22-15(26)11-25-10-12(9-21-25)16-18(27-2)20-8-7-19-16/h3-10H,11H2,1-2H3,(H,22,23,26). The largest absolute Gasteiger partial charge is 0.479 e. The van der Waals surface area contributed by atoms with Crippen LogP contribution >= 0.6 is 0 Å². The minimum absolute atomic E-state index is 0.0491. The van der Waals surface area contributed by atoms with E-state index < -0.39 is 0 Å². The van der Waals surface area contributed by atoms with Crippen molar-refractivity contribution < 1.29 is 9.53 Å². The highest BCUT2D eigenvalue weighted by molar-refractivity contribution is 5.99. The van der Waals surface area contributed by atoms with Gasteiger partial charge < -0.3 is 10.1 Å². The average Bonchev–Trinajstić information content (AvgIpc) is 3.27. The number of hydrogen-bond acceptors (Lipinski definition) is 6. The van der Waals surface area contributed by atoms with Crippen molar-refractivity contribution in [1.82, 2.24) is 29.5 Å². The van der Waals surface area contributed by atoms with Crippen LogP contribution in [0, 0.1) is 0 Å². The van der Waals surface area contributed by atoms with E-state index in [-0.39, 0.29) is 12.5 Å². The summed E-state index contributed by atoms with van der Waals surface area (Å²) in [7, 11) is 3.37. The van der Waals surface area contributed by atoms with Crippen LogP contribution in [0.5, 0.6) is 5.88 Å². The zero-order valence-electron chi connectivity index (χ0n) is 14.8. The van der Waals surface area contributed by atoms with Crippen molar-refractivity contribution in [3.63, 3.8) is 0 Å². The summed E-state index contributed by atoms with van der Waals surface area (Å²) in [5, 5.41) is 12.3. The number of amides is 1. The van der Waals surface area contributed by atoms with Crippen LogP contribution < -0.4 is 10.1 Å². The first kappa shape index (κ1) is 16.7. The highest BCUT2D eigenvalue weighted by atomic mass is 16.5. The van der Waals surface area contributed by atoms with Gasteiger partial charge in [0, 0.05) is 36.6 Å². The minimum atomic E-state index is -0.223. The molecule has 0 spiro atoms. The van der Waals surface area contributed by atoms with E-state index >= 15 is 0 Å². The van der Waals surface area contributed by atoms with E-state index in [0.29, 0.717) is 17.4 Å². The maximum absolute atomic E-state index is 12.4. The Labute approximate surface area is 154 Å². The van der Waals surface area contributed by atoms with Crippen molar-refractivity contribution in [1.29, 1.82) is 0 Å². The Kier molecular flexibility index (Phi) is 4.25. The Balaban J connectivity index is 1.51. The van der Waals surface area contributed by atoms with Gasteiger partial charge in [0.25, 0.3) is 0 Å². The number of methoxy groups -OCH3 is 1. The number of ether oxygens (including phenoxy) is 1. The lowest BCUT2D eigenvalue weighted by molar-refractivity contribution is -0.116. The molecule has 1 aromatic carbocycles. The van der Waals surface area contributed by atoms with E-state index in [1.54, 1.807) is 29.5 Å². The first-order valence-corrected chi connectivity index (χ1v) is 8.25. The number of nitrogens with zero attached hydrogens (tertiary/aromatic N) is 6. The van der Waals surface area contributed by atoms with Crippen LogP contribution in [0.1, 0.15) is 0 Å². The molecule has 1 amide bonds. The van der Waals surface area contributed by atoms with Crippen LogP contribution in [0.3, 0.4) is 0 Å². The second kappa shape index (κ2) is 6.87. The van der Waals surface area contributed by atoms with Crippen molar-refractivity contribution >= 4 is 22.6 Å². The molecule has 3 aromatic heterocycles. The van der Waals surface area contributed by atoms with Crippen molar-refractivity contribution in [2.24, 2.45) is 7.05 Å².